The zero-order valence-corrected chi connectivity index (χ0v) is 36.1. The maximum Gasteiger partial charge on any atom is 0.305 e. The van der Waals surface area contributed by atoms with Crippen LogP contribution in [-0.2, 0) is 40.0 Å². The van der Waals surface area contributed by atoms with Crippen molar-refractivity contribution in [2.24, 2.45) is 29.4 Å². The first-order valence-electron chi connectivity index (χ1n) is 21.9. The van der Waals surface area contributed by atoms with Gasteiger partial charge in [0.2, 0.25) is 29.5 Å². The smallest absolute Gasteiger partial charge is 0.305 e. The first-order chi connectivity index (χ1) is 29.0. The average Bonchev–Trinajstić information content (AvgIpc) is 3.58. The lowest BCUT2D eigenvalue weighted by molar-refractivity contribution is -0.140. The third-order valence-electron chi connectivity index (χ3n) is 11.8. The van der Waals surface area contributed by atoms with E-state index in [0.717, 1.165) is 35.9 Å². The van der Waals surface area contributed by atoms with Gasteiger partial charge in [-0.05, 0) is 68.5 Å². The summed E-state index contributed by atoms with van der Waals surface area (Å²) in [5.41, 5.74) is 8.22. The average molecular weight is 853 g/mol. The SMILES string of the molecule is CC(C)C[C@@H](CC(=O)N[C@@H](CCC(=O)O)CC(=O)O)NC(=O)[C@@H]1CCCC[C@H]1NC(=O)C[C@@H](NC(=O)C[C@H](Cc1c[nH]c2ccccc12)NC(=O)[C@@H]1CNCC[C@H]1N)C(C)C. The molecule has 2 heterocycles. The Balaban J connectivity index is 1.38. The van der Waals surface area contributed by atoms with E-state index in [0.29, 0.717) is 38.6 Å². The minimum Gasteiger partial charge on any atom is -0.481 e. The van der Waals surface area contributed by atoms with Crippen LogP contribution in [0.4, 0.5) is 0 Å². The number of fused-ring (bicyclic) bond motifs is 1. The zero-order valence-electron chi connectivity index (χ0n) is 36.1. The number of benzene rings is 1. The highest BCUT2D eigenvalue weighted by molar-refractivity contribution is 5.86. The number of H-pyrrole nitrogens is 1. The number of amides is 5. The molecule has 1 aromatic carbocycles. The van der Waals surface area contributed by atoms with Gasteiger partial charge in [0.15, 0.2) is 0 Å². The number of aliphatic carboxylic acids is 2. The quantitative estimate of drug-likeness (QED) is 0.0776. The first-order valence-corrected chi connectivity index (χ1v) is 21.9. The number of para-hydroxylation sites is 1. The van der Waals surface area contributed by atoms with Crippen LogP contribution in [0.25, 0.3) is 10.9 Å². The number of hydrogen-bond donors (Lipinski definition) is 10. The summed E-state index contributed by atoms with van der Waals surface area (Å²) in [6.07, 6.45) is 5.20. The zero-order chi connectivity index (χ0) is 44.6. The second-order valence-corrected chi connectivity index (χ2v) is 17.8. The molecule has 338 valence electrons. The van der Waals surface area contributed by atoms with Gasteiger partial charge in [-0.15, -0.1) is 0 Å². The van der Waals surface area contributed by atoms with Crippen molar-refractivity contribution in [3.63, 3.8) is 0 Å². The third kappa shape index (κ3) is 16.1. The summed E-state index contributed by atoms with van der Waals surface area (Å²) < 4.78 is 0. The molecular weight excluding hydrogens is 785 g/mol. The number of piperidine rings is 1. The molecule has 2 aromatic rings. The molecule has 0 unspecified atom stereocenters. The Bertz CT molecular complexity index is 1820. The number of carbonyl (C=O) groups is 7. The maximum absolute atomic E-state index is 13.8. The summed E-state index contributed by atoms with van der Waals surface area (Å²) >= 11 is 0. The van der Waals surface area contributed by atoms with E-state index in [1.54, 1.807) is 0 Å². The molecule has 0 radical (unpaired) electrons. The molecule has 11 N–H and O–H groups in total. The molecule has 0 bridgehead atoms. The highest BCUT2D eigenvalue weighted by Gasteiger charge is 2.35. The van der Waals surface area contributed by atoms with Crippen molar-refractivity contribution in [2.75, 3.05) is 13.1 Å². The summed E-state index contributed by atoms with van der Waals surface area (Å²) in [5.74, 6) is -4.87. The van der Waals surface area contributed by atoms with Gasteiger partial charge in [-0.25, -0.2) is 0 Å². The van der Waals surface area contributed by atoms with Crippen LogP contribution in [0.1, 0.15) is 110 Å². The van der Waals surface area contributed by atoms with E-state index in [9.17, 15) is 38.7 Å². The van der Waals surface area contributed by atoms with Gasteiger partial charge < -0.3 is 52.8 Å². The van der Waals surface area contributed by atoms with Crippen LogP contribution in [-0.4, -0.2) is 106 Å². The highest BCUT2D eigenvalue weighted by atomic mass is 16.4. The Morgan fingerprint density at radius 2 is 1.43 bits per heavy atom. The van der Waals surface area contributed by atoms with Gasteiger partial charge >= 0.3 is 11.9 Å². The van der Waals surface area contributed by atoms with Gasteiger partial charge in [-0.3, -0.25) is 33.6 Å². The number of nitrogens with one attached hydrogen (secondary N) is 7. The van der Waals surface area contributed by atoms with Crippen molar-refractivity contribution < 1.29 is 43.8 Å². The molecule has 8 atom stereocenters. The van der Waals surface area contributed by atoms with Crippen molar-refractivity contribution in [1.29, 1.82) is 0 Å². The number of carboxylic acid groups (broad SMARTS) is 2. The van der Waals surface area contributed by atoms with Crippen molar-refractivity contribution in [3.8, 4) is 0 Å². The second-order valence-electron chi connectivity index (χ2n) is 17.8. The molecule has 17 heteroatoms. The van der Waals surface area contributed by atoms with E-state index < -0.39 is 66.3 Å². The van der Waals surface area contributed by atoms with Crippen molar-refractivity contribution in [2.45, 2.75) is 147 Å². The van der Waals surface area contributed by atoms with Crippen molar-refractivity contribution >= 4 is 52.4 Å². The van der Waals surface area contributed by atoms with Crippen LogP contribution in [0.5, 0.6) is 0 Å². The number of aromatic nitrogens is 1. The van der Waals surface area contributed by atoms with Gasteiger partial charge in [0, 0.05) is 85.6 Å². The number of hydrogen-bond acceptors (Lipinski definition) is 9. The Labute approximate surface area is 358 Å². The first kappa shape index (κ1) is 48.6. The fraction of sp³-hybridized carbons (Fsp3) is 0.659. The molecule has 61 heavy (non-hydrogen) atoms. The van der Waals surface area contributed by atoms with Crippen LogP contribution < -0.4 is 37.6 Å². The Hall–Kier alpha value is -5.03. The topological polar surface area (TPSA) is 274 Å². The number of nitrogens with two attached hydrogens (primary N) is 1. The number of carboxylic acids is 2. The molecule has 4 rings (SSSR count). The predicted molar refractivity (Wildman–Crippen MR) is 230 cm³/mol. The van der Waals surface area contributed by atoms with Gasteiger partial charge in [0.1, 0.15) is 0 Å². The minimum atomic E-state index is -1.17. The largest absolute Gasteiger partial charge is 0.481 e. The molecule has 1 saturated heterocycles. The van der Waals surface area contributed by atoms with Crippen LogP contribution in [0.2, 0.25) is 0 Å². The summed E-state index contributed by atoms with van der Waals surface area (Å²) in [6, 6.07) is 4.56. The van der Waals surface area contributed by atoms with Gasteiger partial charge in [-0.1, -0.05) is 58.7 Å². The van der Waals surface area contributed by atoms with E-state index in [2.05, 4.69) is 36.9 Å². The van der Waals surface area contributed by atoms with Crippen LogP contribution >= 0.6 is 0 Å². The molecule has 1 aromatic heterocycles. The monoisotopic (exact) mass is 853 g/mol. The highest BCUT2D eigenvalue weighted by Crippen LogP contribution is 2.26. The summed E-state index contributed by atoms with van der Waals surface area (Å²) in [7, 11) is 0. The Kier molecular flexibility index (Phi) is 19.0. The number of carbonyl (C=O) groups excluding carboxylic acids is 5. The molecule has 1 aliphatic carbocycles. The summed E-state index contributed by atoms with van der Waals surface area (Å²) in [4.78, 5) is 93.5. The number of aromatic amines is 1. The van der Waals surface area contributed by atoms with Gasteiger partial charge in [0.25, 0.3) is 0 Å². The van der Waals surface area contributed by atoms with Gasteiger partial charge in [0.05, 0.1) is 18.3 Å². The lowest BCUT2D eigenvalue weighted by Gasteiger charge is -2.33. The lowest BCUT2D eigenvalue weighted by Crippen LogP contribution is -2.54. The van der Waals surface area contributed by atoms with Gasteiger partial charge in [-0.2, -0.15) is 0 Å². The molecular formula is C44H68N8O9. The van der Waals surface area contributed by atoms with E-state index in [1.807, 2.05) is 58.2 Å². The lowest BCUT2D eigenvalue weighted by atomic mass is 9.83. The standard InChI is InChI=1S/C44H68N8O9/c1-25(2)17-29(19-38(53)48-28(21-42(58)59)13-14-41(56)57)49-43(60)32-10-6-8-12-36(32)51-40(55)22-37(26(3)4)52-39(54)20-30(50-44(61)33-24-46-16-15-34(33)45)18-27-23-47-35-11-7-5-9-31(27)35/h5,7,9,11,23,25-26,28-30,32-34,36-37,46-47H,6,8,10,12-22,24,45H2,1-4H3,(H,48,53)(H,49,60)(H,50,61)(H,51,55)(H,52,54)(H,56,57)(H,58,59)/t28-,29-,30-,32+,33+,34+,36+,37+/m0/s1. The van der Waals surface area contributed by atoms with Crippen molar-refractivity contribution in [3.05, 3.63) is 36.0 Å². The second kappa shape index (κ2) is 23.8. The maximum atomic E-state index is 13.8. The fourth-order valence-corrected chi connectivity index (χ4v) is 8.55. The van der Waals surface area contributed by atoms with Crippen molar-refractivity contribution in [1.82, 2.24) is 36.9 Å². The minimum absolute atomic E-state index is 0.0194. The molecule has 0 spiro atoms. The normalized spacial score (nSPS) is 21.2. The molecule has 5 amide bonds. The molecule has 1 aliphatic heterocycles. The Morgan fingerprint density at radius 3 is 2.11 bits per heavy atom. The molecule has 2 aliphatic rings. The van der Waals surface area contributed by atoms with Crippen LogP contribution in [0, 0.1) is 23.7 Å². The van der Waals surface area contributed by atoms with E-state index in [-0.39, 0.29) is 73.6 Å². The summed E-state index contributed by atoms with van der Waals surface area (Å²) in [6.45, 7) is 8.93. The third-order valence-corrected chi connectivity index (χ3v) is 11.8. The molecule has 2 fully saturated rings. The number of rotatable bonds is 23. The van der Waals surface area contributed by atoms with E-state index >= 15 is 0 Å². The van der Waals surface area contributed by atoms with Crippen LogP contribution in [0.3, 0.4) is 0 Å². The summed E-state index contributed by atoms with van der Waals surface area (Å²) in [5, 5.41) is 37.5. The van der Waals surface area contributed by atoms with E-state index in [1.165, 1.54) is 0 Å². The molecule has 1 saturated carbocycles. The fourth-order valence-electron chi connectivity index (χ4n) is 8.55. The van der Waals surface area contributed by atoms with E-state index in [4.69, 9.17) is 10.8 Å². The predicted octanol–water partition coefficient (Wildman–Crippen LogP) is 2.47. The molecule has 17 nitrogen and oxygen atoms in total. The van der Waals surface area contributed by atoms with Crippen LogP contribution in [0.15, 0.2) is 30.5 Å². The Morgan fingerprint density at radius 1 is 0.754 bits per heavy atom.